The van der Waals surface area contributed by atoms with E-state index in [1.807, 2.05) is 0 Å². The number of para-hydroxylation sites is 2. The van der Waals surface area contributed by atoms with Gasteiger partial charge in [0.25, 0.3) is 0 Å². The van der Waals surface area contributed by atoms with Gasteiger partial charge in [-0.2, -0.15) is 0 Å². The molecular formula is C17H20N2. The summed E-state index contributed by atoms with van der Waals surface area (Å²) in [7, 11) is 0. The molecule has 1 aliphatic rings. The van der Waals surface area contributed by atoms with E-state index in [2.05, 4.69) is 72.2 Å². The van der Waals surface area contributed by atoms with E-state index in [-0.39, 0.29) is 0 Å². The fourth-order valence-electron chi connectivity index (χ4n) is 2.76. The summed E-state index contributed by atoms with van der Waals surface area (Å²) in [5.41, 5.74) is 3.84. The van der Waals surface area contributed by atoms with E-state index in [1.165, 1.54) is 16.9 Å². The molecule has 19 heavy (non-hydrogen) atoms. The summed E-state index contributed by atoms with van der Waals surface area (Å²) in [5.74, 6) is 0. The SMILES string of the molecule is CC[C@H]1C[C@H](Nc2ccccc2)c2ccccc2N1. The lowest BCUT2D eigenvalue weighted by molar-refractivity contribution is 0.554. The van der Waals surface area contributed by atoms with Crippen LogP contribution in [0.5, 0.6) is 0 Å². The molecular weight excluding hydrogens is 232 g/mol. The van der Waals surface area contributed by atoms with Crippen molar-refractivity contribution in [3.05, 3.63) is 60.2 Å². The van der Waals surface area contributed by atoms with E-state index in [9.17, 15) is 0 Å². The molecule has 0 spiro atoms. The summed E-state index contributed by atoms with van der Waals surface area (Å²) < 4.78 is 0. The van der Waals surface area contributed by atoms with Crippen LogP contribution in [0.4, 0.5) is 11.4 Å². The van der Waals surface area contributed by atoms with Gasteiger partial charge in [-0.3, -0.25) is 0 Å². The Morgan fingerprint density at radius 1 is 1.05 bits per heavy atom. The monoisotopic (exact) mass is 252 g/mol. The highest BCUT2D eigenvalue weighted by molar-refractivity contribution is 5.58. The lowest BCUT2D eigenvalue weighted by atomic mass is 9.91. The molecule has 0 saturated carbocycles. The molecule has 2 N–H and O–H groups in total. The normalized spacial score (nSPS) is 21.3. The first-order chi connectivity index (χ1) is 9.36. The average molecular weight is 252 g/mol. The molecule has 2 nitrogen and oxygen atoms in total. The fourth-order valence-corrected chi connectivity index (χ4v) is 2.76. The van der Waals surface area contributed by atoms with Gasteiger partial charge in [0.15, 0.2) is 0 Å². The molecule has 0 amide bonds. The zero-order valence-electron chi connectivity index (χ0n) is 11.3. The van der Waals surface area contributed by atoms with Crippen LogP contribution in [0.25, 0.3) is 0 Å². The first-order valence-electron chi connectivity index (χ1n) is 7.04. The van der Waals surface area contributed by atoms with Gasteiger partial charge in [0.1, 0.15) is 0 Å². The van der Waals surface area contributed by atoms with Crippen molar-refractivity contribution in [2.75, 3.05) is 10.6 Å². The van der Waals surface area contributed by atoms with Crippen molar-refractivity contribution in [2.24, 2.45) is 0 Å². The zero-order chi connectivity index (χ0) is 13.1. The number of nitrogens with one attached hydrogen (secondary N) is 2. The second-order valence-corrected chi connectivity index (χ2v) is 5.14. The Morgan fingerprint density at radius 3 is 2.58 bits per heavy atom. The molecule has 3 rings (SSSR count). The third kappa shape index (κ3) is 2.58. The summed E-state index contributed by atoms with van der Waals surface area (Å²) in [6.07, 6.45) is 2.28. The predicted molar refractivity (Wildman–Crippen MR) is 81.6 cm³/mol. The van der Waals surface area contributed by atoms with Crippen molar-refractivity contribution in [1.82, 2.24) is 0 Å². The summed E-state index contributed by atoms with van der Waals surface area (Å²) in [6.45, 7) is 2.24. The van der Waals surface area contributed by atoms with E-state index in [0.29, 0.717) is 12.1 Å². The lowest BCUT2D eigenvalue weighted by Gasteiger charge is -2.33. The van der Waals surface area contributed by atoms with E-state index >= 15 is 0 Å². The van der Waals surface area contributed by atoms with Crippen LogP contribution in [0.2, 0.25) is 0 Å². The van der Waals surface area contributed by atoms with E-state index in [4.69, 9.17) is 0 Å². The Hall–Kier alpha value is -1.96. The van der Waals surface area contributed by atoms with Gasteiger partial charge in [0.2, 0.25) is 0 Å². The Morgan fingerprint density at radius 2 is 1.79 bits per heavy atom. The largest absolute Gasteiger partial charge is 0.382 e. The molecule has 0 fully saturated rings. The third-order valence-corrected chi connectivity index (χ3v) is 3.82. The summed E-state index contributed by atoms with van der Waals surface area (Å²) in [5, 5.41) is 7.28. The molecule has 2 aromatic carbocycles. The van der Waals surface area contributed by atoms with Crippen LogP contribution in [-0.4, -0.2) is 6.04 Å². The molecule has 2 heteroatoms. The van der Waals surface area contributed by atoms with Crippen LogP contribution < -0.4 is 10.6 Å². The molecule has 0 bridgehead atoms. The Labute approximate surface area is 114 Å². The topological polar surface area (TPSA) is 24.1 Å². The highest BCUT2D eigenvalue weighted by Crippen LogP contribution is 2.35. The number of rotatable bonds is 3. The molecule has 2 atom stereocenters. The molecule has 0 unspecified atom stereocenters. The Kier molecular flexibility index (Phi) is 3.41. The zero-order valence-corrected chi connectivity index (χ0v) is 11.3. The lowest BCUT2D eigenvalue weighted by Crippen LogP contribution is -2.30. The van der Waals surface area contributed by atoms with Crippen LogP contribution in [-0.2, 0) is 0 Å². The van der Waals surface area contributed by atoms with Crippen LogP contribution in [0.1, 0.15) is 31.4 Å². The summed E-state index contributed by atoms with van der Waals surface area (Å²) >= 11 is 0. The van der Waals surface area contributed by atoms with E-state index < -0.39 is 0 Å². The fraction of sp³-hybridized carbons (Fsp3) is 0.294. The first-order valence-corrected chi connectivity index (χ1v) is 7.04. The summed E-state index contributed by atoms with van der Waals surface area (Å²) in [4.78, 5) is 0. The van der Waals surface area contributed by atoms with Gasteiger partial charge in [-0.15, -0.1) is 0 Å². The predicted octanol–water partition coefficient (Wildman–Crippen LogP) is 4.43. The van der Waals surface area contributed by atoms with E-state index in [1.54, 1.807) is 0 Å². The van der Waals surface area contributed by atoms with Gasteiger partial charge >= 0.3 is 0 Å². The number of benzene rings is 2. The van der Waals surface area contributed by atoms with Crippen molar-refractivity contribution in [2.45, 2.75) is 31.8 Å². The van der Waals surface area contributed by atoms with Crippen molar-refractivity contribution in [3.63, 3.8) is 0 Å². The van der Waals surface area contributed by atoms with Gasteiger partial charge < -0.3 is 10.6 Å². The summed E-state index contributed by atoms with van der Waals surface area (Å²) in [6, 6.07) is 20.0. The maximum absolute atomic E-state index is 3.66. The smallest absolute Gasteiger partial charge is 0.0553 e. The van der Waals surface area contributed by atoms with Crippen LogP contribution >= 0.6 is 0 Å². The number of hydrogen-bond acceptors (Lipinski definition) is 2. The molecule has 98 valence electrons. The van der Waals surface area contributed by atoms with Gasteiger partial charge in [-0.1, -0.05) is 43.3 Å². The van der Waals surface area contributed by atoms with Crippen molar-refractivity contribution in [1.29, 1.82) is 0 Å². The van der Waals surface area contributed by atoms with Gasteiger partial charge in [0, 0.05) is 17.4 Å². The average Bonchev–Trinajstić information content (AvgIpc) is 2.48. The molecule has 0 radical (unpaired) electrons. The minimum atomic E-state index is 0.393. The van der Waals surface area contributed by atoms with Crippen molar-refractivity contribution < 1.29 is 0 Å². The van der Waals surface area contributed by atoms with E-state index in [0.717, 1.165) is 12.8 Å². The minimum Gasteiger partial charge on any atom is -0.382 e. The standard InChI is InChI=1S/C17H20N2/c1-2-13-12-17(19-14-8-4-3-5-9-14)15-10-6-7-11-16(15)18-13/h3-11,13,17-19H,2,12H2,1H3/t13-,17-/m0/s1. The molecule has 1 aliphatic heterocycles. The molecule has 2 aromatic rings. The first kappa shape index (κ1) is 12.1. The number of anilines is 2. The maximum atomic E-state index is 3.66. The van der Waals surface area contributed by atoms with Crippen LogP contribution in [0.3, 0.4) is 0 Å². The molecule has 0 aliphatic carbocycles. The number of hydrogen-bond donors (Lipinski definition) is 2. The van der Waals surface area contributed by atoms with Gasteiger partial charge in [-0.05, 0) is 36.6 Å². The second kappa shape index (κ2) is 5.35. The minimum absolute atomic E-state index is 0.393. The maximum Gasteiger partial charge on any atom is 0.0553 e. The Balaban J connectivity index is 1.88. The van der Waals surface area contributed by atoms with Gasteiger partial charge in [-0.25, -0.2) is 0 Å². The van der Waals surface area contributed by atoms with Crippen LogP contribution in [0, 0.1) is 0 Å². The quantitative estimate of drug-likeness (QED) is 0.844. The molecule has 0 saturated heterocycles. The third-order valence-electron chi connectivity index (χ3n) is 3.82. The highest BCUT2D eigenvalue weighted by Gasteiger charge is 2.24. The molecule has 0 aromatic heterocycles. The second-order valence-electron chi connectivity index (χ2n) is 5.14. The van der Waals surface area contributed by atoms with Crippen LogP contribution in [0.15, 0.2) is 54.6 Å². The Bertz CT molecular complexity index is 536. The highest BCUT2D eigenvalue weighted by atomic mass is 15.0. The van der Waals surface area contributed by atoms with Crippen molar-refractivity contribution in [3.8, 4) is 0 Å². The molecule has 1 heterocycles. The number of fused-ring (bicyclic) bond motifs is 1. The van der Waals surface area contributed by atoms with Gasteiger partial charge in [0.05, 0.1) is 6.04 Å². The van der Waals surface area contributed by atoms with Crippen molar-refractivity contribution >= 4 is 11.4 Å².